The molecule has 3 N–H and O–H groups in total. The third-order valence-corrected chi connectivity index (χ3v) is 3.06. The quantitative estimate of drug-likeness (QED) is 0.675. The molecule has 7 heteroatoms. The molecule has 1 heterocycles. The lowest BCUT2D eigenvalue weighted by Crippen LogP contribution is -2.09. The molecule has 0 saturated heterocycles. The van der Waals surface area contributed by atoms with Gasteiger partial charge in [0.25, 0.3) is 0 Å². The molecular weight excluding hydrogens is 308 g/mol. The lowest BCUT2D eigenvalue weighted by Gasteiger charge is -2.05. The summed E-state index contributed by atoms with van der Waals surface area (Å²) in [5.74, 6) is -1.98. The van der Waals surface area contributed by atoms with Gasteiger partial charge in [0, 0.05) is 12.0 Å². The molecule has 2 aromatic rings. The van der Waals surface area contributed by atoms with Gasteiger partial charge in [0.1, 0.15) is 17.5 Å². The number of nitrogens with one attached hydrogen (secondary N) is 1. The zero-order chi connectivity index (χ0) is 13.3. The molecule has 0 spiro atoms. The summed E-state index contributed by atoms with van der Waals surface area (Å²) in [6.45, 7) is 0. The van der Waals surface area contributed by atoms with Crippen molar-refractivity contribution in [2.24, 2.45) is 0 Å². The van der Waals surface area contributed by atoms with Crippen LogP contribution in [0.1, 0.15) is 15.9 Å². The third kappa shape index (κ3) is 2.26. The van der Waals surface area contributed by atoms with Crippen molar-refractivity contribution in [1.82, 2.24) is 10.2 Å². The Labute approximate surface area is 109 Å². The molecule has 94 valence electrons. The third-order valence-electron chi connectivity index (χ3n) is 2.45. The zero-order valence-electron chi connectivity index (χ0n) is 9.01. The van der Waals surface area contributed by atoms with Crippen molar-refractivity contribution < 1.29 is 13.6 Å². The zero-order valence-corrected chi connectivity index (χ0v) is 10.6. The number of ketones is 1. The topological polar surface area (TPSA) is 71.8 Å². The molecule has 1 aromatic heterocycles. The van der Waals surface area contributed by atoms with Gasteiger partial charge in [-0.2, -0.15) is 5.10 Å². The molecule has 0 atom stereocenters. The first-order valence-corrected chi connectivity index (χ1v) is 5.74. The van der Waals surface area contributed by atoms with Crippen molar-refractivity contribution in [2.75, 3.05) is 5.73 Å². The normalized spacial score (nSPS) is 10.6. The van der Waals surface area contributed by atoms with E-state index < -0.39 is 23.8 Å². The van der Waals surface area contributed by atoms with Crippen LogP contribution < -0.4 is 5.73 Å². The number of hydrogen-bond acceptors (Lipinski definition) is 3. The van der Waals surface area contributed by atoms with Crippen LogP contribution in [-0.4, -0.2) is 16.0 Å². The van der Waals surface area contributed by atoms with Gasteiger partial charge in [-0.05, 0) is 28.1 Å². The van der Waals surface area contributed by atoms with E-state index in [1.165, 1.54) is 12.3 Å². The van der Waals surface area contributed by atoms with Crippen LogP contribution in [0.3, 0.4) is 0 Å². The minimum Gasteiger partial charge on any atom is -0.383 e. The van der Waals surface area contributed by atoms with Crippen molar-refractivity contribution in [3.8, 4) is 0 Å². The number of H-pyrrole nitrogens is 1. The van der Waals surface area contributed by atoms with Gasteiger partial charge in [-0.25, -0.2) is 8.78 Å². The van der Waals surface area contributed by atoms with E-state index in [2.05, 4.69) is 26.1 Å². The summed E-state index contributed by atoms with van der Waals surface area (Å²) in [6.07, 6.45) is 0.812. The van der Waals surface area contributed by atoms with E-state index >= 15 is 0 Å². The number of carbonyl (C=O) groups is 1. The first-order valence-electron chi connectivity index (χ1n) is 4.95. The Hall–Kier alpha value is -1.76. The number of carbonyl (C=O) groups excluding carboxylic acids is 1. The highest BCUT2D eigenvalue weighted by Crippen LogP contribution is 2.23. The number of rotatable bonds is 3. The van der Waals surface area contributed by atoms with Crippen LogP contribution in [0.15, 0.2) is 22.8 Å². The molecule has 0 radical (unpaired) electrons. The number of halogens is 3. The van der Waals surface area contributed by atoms with Gasteiger partial charge in [-0.3, -0.25) is 9.89 Å². The van der Waals surface area contributed by atoms with Crippen molar-refractivity contribution >= 4 is 27.5 Å². The molecule has 18 heavy (non-hydrogen) atoms. The van der Waals surface area contributed by atoms with E-state index in [4.69, 9.17) is 5.73 Å². The lowest BCUT2D eigenvalue weighted by atomic mass is 10.0. The number of aromatic amines is 1. The van der Waals surface area contributed by atoms with Crippen molar-refractivity contribution in [3.63, 3.8) is 0 Å². The van der Waals surface area contributed by atoms with Gasteiger partial charge in [0.05, 0.1) is 16.2 Å². The van der Waals surface area contributed by atoms with E-state index in [0.29, 0.717) is 0 Å². The molecule has 0 amide bonds. The predicted molar refractivity (Wildman–Crippen MR) is 65.1 cm³/mol. The first-order chi connectivity index (χ1) is 8.50. The van der Waals surface area contributed by atoms with E-state index in [-0.39, 0.29) is 21.4 Å². The van der Waals surface area contributed by atoms with Crippen molar-refractivity contribution in [3.05, 3.63) is 45.6 Å². The van der Waals surface area contributed by atoms with Gasteiger partial charge in [0.15, 0.2) is 5.78 Å². The summed E-state index contributed by atoms with van der Waals surface area (Å²) >= 11 is 2.94. The molecule has 0 saturated carbocycles. The maximum atomic E-state index is 13.7. The summed E-state index contributed by atoms with van der Waals surface area (Å²) < 4.78 is 27.2. The Morgan fingerprint density at radius 2 is 2.17 bits per heavy atom. The summed E-state index contributed by atoms with van der Waals surface area (Å²) in [7, 11) is 0. The van der Waals surface area contributed by atoms with Crippen molar-refractivity contribution in [2.45, 2.75) is 6.42 Å². The van der Waals surface area contributed by atoms with E-state index in [1.54, 1.807) is 0 Å². The van der Waals surface area contributed by atoms with E-state index in [9.17, 15) is 13.6 Å². The number of anilines is 1. The second kappa shape index (κ2) is 4.85. The fraction of sp³-hybridized carbons (Fsp3) is 0.0909. The highest BCUT2D eigenvalue weighted by Gasteiger charge is 2.19. The number of hydrogen-bond donors (Lipinski definition) is 2. The maximum absolute atomic E-state index is 13.7. The Morgan fingerprint density at radius 3 is 2.78 bits per heavy atom. The Morgan fingerprint density at radius 1 is 1.44 bits per heavy atom. The van der Waals surface area contributed by atoms with Gasteiger partial charge < -0.3 is 5.73 Å². The predicted octanol–water partition coefficient (Wildman–Crippen LogP) is 2.46. The summed E-state index contributed by atoms with van der Waals surface area (Å²) in [5, 5.41) is 5.97. The fourth-order valence-corrected chi connectivity index (χ4v) is 1.88. The number of aromatic nitrogens is 2. The summed E-state index contributed by atoms with van der Waals surface area (Å²) in [4.78, 5) is 11.8. The number of Topliss-reactive ketones (excluding diaryl/α,β-unsaturated/α-hetero) is 1. The Balaban J connectivity index is 2.33. The SMILES string of the molecule is Nc1[nH]ncc1C(=O)Cc1c(F)ccc(Br)c1F. The highest BCUT2D eigenvalue weighted by atomic mass is 79.9. The van der Waals surface area contributed by atoms with Crippen LogP contribution in [-0.2, 0) is 6.42 Å². The molecule has 0 fully saturated rings. The molecule has 0 unspecified atom stereocenters. The van der Waals surface area contributed by atoms with Gasteiger partial charge in [0.2, 0.25) is 0 Å². The molecule has 0 aliphatic carbocycles. The van der Waals surface area contributed by atoms with Crippen LogP contribution in [0.4, 0.5) is 14.6 Å². The smallest absolute Gasteiger partial charge is 0.172 e. The van der Waals surface area contributed by atoms with E-state index in [1.807, 2.05) is 0 Å². The van der Waals surface area contributed by atoms with Crippen LogP contribution in [0.2, 0.25) is 0 Å². The van der Waals surface area contributed by atoms with Crippen molar-refractivity contribution in [1.29, 1.82) is 0 Å². The molecule has 2 rings (SSSR count). The number of nitrogens with two attached hydrogens (primary N) is 1. The van der Waals surface area contributed by atoms with Gasteiger partial charge >= 0.3 is 0 Å². The lowest BCUT2D eigenvalue weighted by molar-refractivity contribution is 0.0991. The molecule has 0 aliphatic rings. The fourth-order valence-electron chi connectivity index (χ4n) is 1.51. The second-order valence-corrected chi connectivity index (χ2v) is 4.47. The average molecular weight is 316 g/mol. The largest absolute Gasteiger partial charge is 0.383 e. The van der Waals surface area contributed by atoms with E-state index in [0.717, 1.165) is 6.07 Å². The summed E-state index contributed by atoms with van der Waals surface area (Å²) in [5.41, 5.74) is 5.29. The van der Waals surface area contributed by atoms with Crippen LogP contribution in [0, 0.1) is 11.6 Å². The van der Waals surface area contributed by atoms with Crippen LogP contribution in [0.25, 0.3) is 0 Å². The number of nitrogen functional groups attached to an aromatic ring is 1. The van der Waals surface area contributed by atoms with Crippen LogP contribution in [0.5, 0.6) is 0 Å². The monoisotopic (exact) mass is 315 g/mol. The Bertz CT molecular complexity index is 612. The summed E-state index contributed by atoms with van der Waals surface area (Å²) in [6, 6.07) is 2.33. The number of benzene rings is 1. The first kappa shape index (κ1) is 12.7. The molecule has 4 nitrogen and oxygen atoms in total. The van der Waals surface area contributed by atoms with Crippen LogP contribution >= 0.6 is 15.9 Å². The molecular formula is C11H8BrF2N3O. The molecule has 0 bridgehead atoms. The van der Waals surface area contributed by atoms with Gasteiger partial charge in [-0.15, -0.1) is 0 Å². The standard InChI is InChI=1S/C11H8BrF2N3O/c12-7-1-2-8(13)5(10(7)14)3-9(18)6-4-16-17-11(6)15/h1-2,4H,3H2,(H3,15,16,17). The highest BCUT2D eigenvalue weighted by molar-refractivity contribution is 9.10. The average Bonchev–Trinajstić information content (AvgIpc) is 2.76. The van der Waals surface area contributed by atoms with Gasteiger partial charge in [-0.1, -0.05) is 0 Å². The Kier molecular flexibility index (Phi) is 3.42. The minimum absolute atomic E-state index is 0.0795. The molecule has 0 aliphatic heterocycles. The number of nitrogens with zero attached hydrogens (tertiary/aromatic N) is 1. The second-order valence-electron chi connectivity index (χ2n) is 3.62. The molecule has 1 aromatic carbocycles. The maximum Gasteiger partial charge on any atom is 0.172 e. The minimum atomic E-state index is -0.787.